The number of methoxy groups -OCH3 is 1. The molecular formula is C31H45N5O4Si. The number of anilines is 2. The van der Waals surface area contributed by atoms with Crippen molar-refractivity contribution >= 4 is 36.6 Å². The molecule has 0 unspecified atom stereocenters. The molecule has 222 valence electrons. The van der Waals surface area contributed by atoms with Crippen molar-refractivity contribution in [2.45, 2.75) is 45.8 Å². The third kappa shape index (κ3) is 8.03. The van der Waals surface area contributed by atoms with Gasteiger partial charge in [0.2, 0.25) is 0 Å². The number of amides is 1. The Labute approximate surface area is 245 Å². The predicted octanol–water partition coefficient (Wildman–Crippen LogP) is 5.17. The molecule has 1 amide bonds. The highest BCUT2D eigenvalue weighted by molar-refractivity contribution is 6.74. The Hall–Kier alpha value is -3.05. The number of nitrogens with one attached hydrogen (secondary N) is 1. The molecule has 1 fully saturated rings. The molecule has 9 nitrogen and oxygen atoms in total. The van der Waals surface area contributed by atoms with E-state index in [9.17, 15) is 4.79 Å². The van der Waals surface area contributed by atoms with Crippen LogP contribution in [0.2, 0.25) is 18.1 Å². The van der Waals surface area contributed by atoms with Crippen LogP contribution in [0.1, 0.15) is 36.8 Å². The van der Waals surface area contributed by atoms with E-state index in [0.29, 0.717) is 30.9 Å². The van der Waals surface area contributed by atoms with Crippen molar-refractivity contribution in [1.29, 1.82) is 0 Å². The second-order valence-electron chi connectivity index (χ2n) is 12.1. The Balaban J connectivity index is 1.56. The van der Waals surface area contributed by atoms with Crippen LogP contribution in [-0.4, -0.2) is 88.7 Å². The molecule has 1 aliphatic rings. The summed E-state index contributed by atoms with van der Waals surface area (Å²) < 4.78 is 17.5. The second-order valence-corrected chi connectivity index (χ2v) is 16.9. The van der Waals surface area contributed by atoms with Gasteiger partial charge in [0.1, 0.15) is 11.4 Å². The van der Waals surface area contributed by atoms with Gasteiger partial charge < -0.3 is 24.1 Å². The van der Waals surface area contributed by atoms with E-state index in [0.717, 1.165) is 61.1 Å². The summed E-state index contributed by atoms with van der Waals surface area (Å²) in [6.07, 6.45) is 1.54. The summed E-state index contributed by atoms with van der Waals surface area (Å²) in [5, 5.41) is 3.11. The topological polar surface area (TPSA) is 89.1 Å². The number of rotatable bonds is 11. The number of morpholine rings is 1. The standard InChI is InChI=1S/C31H45N5O4Si/c1-23-18-25(20-26(19-23)38-5)36(14-17-40-41(6,7)31(2,3)4)24-8-9-27-28(21-24)34-29(22-33-27)30(37)32-10-11-35-12-15-39-16-13-35/h8-9,18-22H,10-17H2,1-7H3,(H,32,37). The molecule has 3 aromatic rings. The number of nitrogens with zero attached hydrogens (tertiary/aromatic N) is 4. The molecular weight excluding hydrogens is 534 g/mol. The quantitative estimate of drug-likeness (QED) is 0.312. The zero-order valence-corrected chi connectivity index (χ0v) is 26.6. The first-order valence-electron chi connectivity index (χ1n) is 14.4. The number of hydrogen-bond acceptors (Lipinski definition) is 8. The van der Waals surface area contributed by atoms with Crippen LogP contribution >= 0.6 is 0 Å². The fourth-order valence-corrected chi connectivity index (χ4v) is 5.57. The molecule has 0 saturated carbocycles. The molecule has 41 heavy (non-hydrogen) atoms. The predicted molar refractivity (Wildman–Crippen MR) is 167 cm³/mol. The maximum Gasteiger partial charge on any atom is 0.271 e. The summed E-state index contributed by atoms with van der Waals surface area (Å²) in [7, 11) is -0.233. The lowest BCUT2D eigenvalue weighted by molar-refractivity contribution is 0.0383. The van der Waals surface area contributed by atoms with Crippen molar-refractivity contribution in [2.24, 2.45) is 0 Å². The molecule has 1 saturated heterocycles. The number of aromatic nitrogens is 2. The third-order valence-electron chi connectivity index (χ3n) is 8.05. The Morgan fingerprint density at radius 1 is 1.10 bits per heavy atom. The molecule has 0 aliphatic carbocycles. The number of carbonyl (C=O) groups excluding carboxylic acids is 1. The van der Waals surface area contributed by atoms with E-state index in [-0.39, 0.29) is 10.9 Å². The van der Waals surface area contributed by atoms with E-state index in [1.54, 1.807) is 13.3 Å². The Bertz CT molecular complexity index is 1340. The first kappa shape index (κ1) is 30.9. The molecule has 2 aromatic carbocycles. The van der Waals surface area contributed by atoms with Crippen LogP contribution in [0.5, 0.6) is 5.75 Å². The van der Waals surface area contributed by atoms with Gasteiger partial charge in [0.25, 0.3) is 5.91 Å². The maximum absolute atomic E-state index is 12.9. The summed E-state index contributed by atoms with van der Waals surface area (Å²) in [6.45, 7) is 19.2. The number of carbonyl (C=O) groups is 1. The van der Waals surface area contributed by atoms with Crippen LogP contribution in [0.3, 0.4) is 0 Å². The molecule has 2 heterocycles. The highest BCUT2D eigenvalue weighted by atomic mass is 28.4. The molecule has 4 rings (SSSR count). The van der Waals surface area contributed by atoms with Crippen molar-refractivity contribution in [1.82, 2.24) is 20.2 Å². The van der Waals surface area contributed by atoms with Gasteiger partial charge in [0, 0.05) is 50.2 Å². The highest BCUT2D eigenvalue weighted by Gasteiger charge is 2.37. The third-order valence-corrected chi connectivity index (χ3v) is 12.6. The molecule has 10 heteroatoms. The minimum Gasteiger partial charge on any atom is -0.497 e. The van der Waals surface area contributed by atoms with E-state index in [2.05, 4.69) is 67.0 Å². The van der Waals surface area contributed by atoms with Gasteiger partial charge in [-0.05, 0) is 61.0 Å². The zero-order valence-electron chi connectivity index (χ0n) is 25.6. The van der Waals surface area contributed by atoms with Gasteiger partial charge in [-0.2, -0.15) is 0 Å². The SMILES string of the molecule is COc1cc(C)cc(N(CCO[Si](C)(C)C(C)(C)C)c2ccc3ncc(C(=O)NCCN4CCOCC4)nc3c2)c1. The number of fused-ring (bicyclic) bond motifs is 1. The first-order chi connectivity index (χ1) is 19.5. The van der Waals surface area contributed by atoms with E-state index in [1.807, 2.05) is 30.3 Å². The van der Waals surface area contributed by atoms with Crippen LogP contribution in [0.4, 0.5) is 11.4 Å². The molecule has 1 aromatic heterocycles. The van der Waals surface area contributed by atoms with Crippen LogP contribution in [-0.2, 0) is 9.16 Å². The molecule has 0 radical (unpaired) electrons. The van der Waals surface area contributed by atoms with Gasteiger partial charge >= 0.3 is 0 Å². The summed E-state index contributed by atoms with van der Waals surface area (Å²) in [5.74, 6) is 0.577. The van der Waals surface area contributed by atoms with Crippen molar-refractivity contribution in [3.63, 3.8) is 0 Å². The van der Waals surface area contributed by atoms with Crippen molar-refractivity contribution in [3.8, 4) is 5.75 Å². The fraction of sp³-hybridized carbons (Fsp3) is 0.516. The number of benzene rings is 2. The van der Waals surface area contributed by atoms with E-state index >= 15 is 0 Å². The Morgan fingerprint density at radius 3 is 2.56 bits per heavy atom. The van der Waals surface area contributed by atoms with Gasteiger partial charge in [-0.1, -0.05) is 20.8 Å². The number of hydrogen-bond donors (Lipinski definition) is 1. The molecule has 0 spiro atoms. The number of aryl methyl sites for hydroxylation is 1. The number of ether oxygens (including phenoxy) is 2. The first-order valence-corrected chi connectivity index (χ1v) is 17.3. The normalized spacial score (nSPS) is 14.7. The lowest BCUT2D eigenvalue weighted by Crippen LogP contribution is -2.42. The largest absolute Gasteiger partial charge is 0.497 e. The van der Waals surface area contributed by atoms with Gasteiger partial charge in [-0.3, -0.25) is 14.7 Å². The minimum atomic E-state index is -1.92. The van der Waals surface area contributed by atoms with E-state index in [4.69, 9.17) is 18.9 Å². The van der Waals surface area contributed by atoms with E-state index < -0.39 is 8.32 Å². The molecule has 0 atom stereocenters. The summed E-state index contributed by atoms with van der Waals surface area (Å²) in [4.78, 5) is 26.6. The van der Waals surface area contributed by atoms with E-state index in [1.165, 1.54) is 0 Å². The fourth-order valence-electron chi connectivity index (χ4n) is 4.54. The molecule has 1 aliphatic heterocycles. The van der Waals surface area contributed by atoms with Crippen molar-refractivity contribution in [2.75, 3.05) is 64.6 Å². The lowest BCUT2D eigenvalue weighted by atomic mass is 10.1. The van der Waals surface area contributed by atoms with Gasteiger partial charge in [-0.25, -0.2) is 4.98 Å². The van der Waals surface area contributed by atoms with Gasteiger partial charge in [0.15, 0.2) is 8.32 Å². The van der Waals surface area contributed by atoms with Crippen LogP contribution < -0.4 is 15.0 Å². The monoisotopic (exact) mass is 579 g/mol. The maximum atomic E-state index is 12.9. The molecule has 0 bridgehead atoms. The second kappa shape index (κ2) is 13.3. The van der Waals surface area contributed by atoms with Gasteiger partial charge in [0.05, 0.1) is 44.2 Å². The minimum absolute atomic E-state index is 0.127. The lowest BCUT2D eigenvalue weighted by Gasteiger charge is -2.37. The zero-order chi connectivity index (χ0) is 29.6. The summed E-state index contributed by atoms with van der Waals surface area (Å²) in [5.41, 5.74) is 4.76. The van der Waals surface area contributed by atoms with Gasteiger partial charge in [-0.15, -0.1) is 0 Å². The highest BCUT2D eigenvalue weighted by Crippen LogP contribution is 2.37. The Morgan fingerprint density at radius 2 is 1.85 bits per heavy atom. The average Bonchev–Trinajstić information content (AvgIpc) is 2.94. The Kier molecular flexibility index (Phi) is 10.0. The van der Waals surface area contributed by atoms with Crippen LogP contribution in [0.25, 0.3) is 11.0 Å². The summed E-state index contributed by atoms with van der Waals surface area (Å²) >= 11 is 0. The smallest absolute Gasteiger partial charge is 0.271 e. The molecule has 1 N–H and O–H groups in total. The summed E-state index contributed by atoms with van der Waals surface area (Å²) in [6, 6.07) is 12.2. The van der Waals surface area contributed by atoms with Crippen LogP contribution in [0, 0.1) is 6.92 Å². The van der Waals surface area contributed by atoms with Crippen molar-refractivity contribution < 1.29 is 18.7 Å². The average molecular weight is 580 g/mol. The van der Waals surface area contributed by atoms with Crippen LogP contribution in [0.15, 0.2) is 42.6 Å². The van der Waals surface area contributed by atoms with Crippen molar-refractivity contribution in [3.05, 3.63) is 53.9 Å².